The Labute approximate surface area is 325 Å². The summed E-state index contributed by atoms with van der Waals surface area (Å²) < 4.78 is 43.6. The number of nitrogens with zero attached hydrogens (tertiary/aromatic N) is 3. The lowest BCUT2D eigenvalue weighted by atomic mass is 10.1. The number of aliphatic carboxylic acids is 1. The molecule has 4 rings (SSSR count). The van der Waals surface area contributed by atoms with Crippen LogP contribution in [0.5, 0.6) is 0 Å². The summed E-state index contributed by atoms with van der Waals surface area (Å²) in [7, 11) is 3.73. The van der Waals surface area contributed by atoms with Crippen LogP contribution < -0.4 is 27.2 Å². The Hall–Kier alpha value is -6.76. The zero-order chi connectivity index (χ0) is 42.3. The molecular formula is C38H43F3N8O8. The van der Waals surface area contributed by atoms with Gasteiger partial charge in [-0.25, -0.2) is 19.4 Å². The van der Waals surface area contributed by atoms with Crippen LogP contribution in [0.1, 0.15) is 40.9 Å². The van der Waals surface area contributed by atoms with Gasteiger partial charge in [0.2, 0.25) is 5.91 Å². The predicted octanol–water partition coefficient (Wildman–Crippen LogP) is 4.23. The van der Waals surface area contributed by atoms with Crippen molar-refractivity contribution in [2.75, 3.05) is 38.3 Å². The number of aromatic nitrogens is 2. The van der Waals surface area contributed by atoms with Gasteiger partial charge in [-0.3, -0.25) is 24.9 Å². The van der Waals surface area contributed by atoms with Gasteiger partial charge in [0.15, 0.2) is 5.82 Å². The first-order chi connectivity index (χ1) is 26.8. The second kappa shape index (κ2) is 20.8. The van der Waals surface area contributed by atoms with Crippen molar-refractivity contribution in [3.63, 3.8) is 0 Å². The molecule has 3 aromatic carbocycles. The van der Waals surface area contributed by atoms with Crippen molar-refractivity contribution in [3.05, 3.63) is 112 Å². The van der Waals surface area contributed by atoms with E-state index in [1.165, 1.54) is 16.8 Å². The number of hydrogen-bond donors (Lipinski definition) is 6. The van der Waals surface area contributed by atoms with Gasteiger partial charge in [0.1, 0.15) is 25.6 Å². The SMILES string of the molecule is CC(C)Nc1ncc(-c2cc(N)cc(C(=O)OCCN(C)C)c2)n(CC(=O)NCc2ccc(C(=N)NC(=O)OCc3ccccc3)cc2)c1=O.O=C(O)C(F)(F)F. The molecule has 1 heterocycles. The van der Waals surface area contributed by atoms with Crippen LogP contribution in [0.2, 0.25) is 0 Å². The van der Waals surface area contributed by atoms with Crippen LogP contribution in [0.15, 0.2) is 83.8 Å². The molecular weight excluding hydrogens is 753 g/mol. The number of nitrogens with two attached hydrogens (primary N) is 1. The number of carboxylic acids is 1. The fourth-order valence-corrected chi connectivity index (χ4v) is 4.69. The number of ether oxygens (including phenoxy) is 2. The number of carbonyl (C=O) groups is 4. The maximum absolute atomic E-state index is 13.6. The Bertz CT molecular complexity index is 2090. The molecule has 0 fully saturated rings. The Morgan fingerprint density at radius 3 is 2.21 bits per heavy atom. The topological polar surface area (TPSA) is 231 Å². The van der Waals surface area contributed by atoms with Crippen LogP contribution in [0.3, 0.4) is 0 Å². The fraction of sp³-hybridized carbons (Fsp3) is 0.289. The summed E-state index contributed by atoms with van der Waals surface area (Å²) in [6.07, 6.45) is -4.38. The summed E-state index contributed by atoms with van der Waals surface area (Å²) in [6, 6.07) is 20.4. The van der Waals surface area contributed by atoms with Crippen molar-refractivity contribution >= 4 is 41.3 Å². The zero-order valence-electron chi connectivity index (χ0n) is 31.5. The van der Waals surface area contributed by atoms with Gasteiger partial charge in [0.05, 0.1) is 17.5 Å². The lowest BCUT2D eigenvalue weighted by molar-refractivity contribution is -0.192. The second-order valence-corrected chi connectivity index (χ2v) is 12.8. The van der Waals surface area contributed by atoms with E-state index in [1.54, 1.807) is 36.4 Å². The van der Waals surface area contributed by atoms with E-state index in [0.29, 0.717) is 17.7 Å². The van der Waals surface area contributed by atoms with Gasteiger partial charge < -0.3 is 35.8 Å². The Kier molecular flexibility index (Phi) is 16.3. The molecule has 0 spiro atoms. The summed E-state index contributed by atoms with van der Waals surface area (Å²) >= 11 is 0. The van der Waals surface area contributed by atoms with Crippen molar-refractivity contribution in [1.82, 2.24) is 25.1 Å². The number of likely N-dealkylation sites (N-methyl/N-ethyl adjacent to an activating group) is 1. The highest BCUT2D eigenvalue weighted by molar-refractivity contribution is 6.04. The highest BCUT2D eigenvalue weighted by Gasteiger charge is 2.38. The van der Waals surface area contributed by atoms with Gasteiger partial charge >= 0.3 is 24.2 Å². The Morgan fingerprint density at radius 2 is 1.61 bits per heavy atom. The number of esters is 1. The number of amidine groups is 1. The normalized spacial score (nSPS) is 10.9. The molecule has 0 radical (unpaired) electrons. The lowest BCUT2D eigenvalue weighted by Gasteiger charge is -2.17. The third-order valence-corrected chi connectivity index (χ3v) is 7.45. The van der Waals surface area contributed by atoms with Gasteiger partial charge in [0, 0.05) is 35.9 Å². The lowest BCUT2D eigenvalue weighted by Crippen LogP contribution is -2.35. The van der Waals surface area contributed by atoms with Gasteiger partial charge in [-0.1, -0.05) is 54.6 Å². The number of benzene rings is 3. The van der Waals surface area contributed by atoms with E-state index in [1.807, 2.05) is 63.2 Å². The highest BCUT2D eigenvalue weighted by atomic mass is 19.4. The molecule has 0 aliphatic heterocycles. The van der Waals surface area contributed by atoms with Crippen LogP contribution in [0.4, 0.5) is 29.5 Å². The largest absolute Gasteiger partial charge is 0.490 e. The van der Waals surface area contributed by atoms with E-state index in [2.05, 4.69) is 20.9 Å². The van der Waals surface area contributed by atoms with Crippen molar-refractivity contribution < 1.29 is 46.9 Å². The summed E-state index contributed by atoms with van der Waals surface area (Å²) in [5.74, 6) is -3.85. The molecule has 2 amide bonds. The predicted molar refractivity (Wildman–Crippen MR) is 205 cm³/mol. The van der Waals surface area contributed by atoms with Gasteiger partial charge in [-0.05, 0) is 57.3 Å². The minimum Gasteiger partial charge on any atom is -0.475 e. The molecule has 0 atom stereocenters. The molecule has 0 unspecified atom stereocenters. The van der Waals surface area contributed by atoms with Crippen molar-refractivity contribution in [2.45, 2.75) is 45.8 Å². The Balaban J connectivity index is 0.00000113. The number of nitrogens with one attached hydrogen (secondary N) is 4. The number of carbonyl (C=O) groups excluding carboxylic acids is 3. The molecule has 0 aliphatic carbocycles. The summed E-state index contributed by atoms with van der Waals surface area (Å²) in [4.78, 5) is 66.8. The van der Waals surface area contributed by atoms with Crippen LogP contribution >= 0.6 is 0 Å². The number of anilines is 2. The molecule has 57 heavy (non-hydrogen) atoms. The first-order valence-corrected chi connectivity index (χ1v) is 17.2. The van der Waals surface area contributed by atoms with Crippen molar-refractivity contribution in [2.24, 2.45) is 0 Å². The summed E-state index contributed by atoms with van der Waals surface area (Å²) in [5.41, 5.74) is 8.76. The second-order valence-electron chi connectivity index (χ2n) is 12.8. The number of alkyl halides is 3. The highest BCUT2D eigenvalue weighted by Crippen LogP contribution is 2.24. The fourth-order valence-electron chi connectivity index (χ4n) is 4.69. The molecule has 304 valence electrons. The first-order valence-electron chi connectivity index (χ1n) is 17.2. The molecule has 4 aromatic rings. The quantitative estimate of drug-likeness (QED) is 0.0456. The van der Waals surface area contributed by atoms with Gasteiger partial charge in [0.25, 0.3) is 5.56 Å². The minimum absolute atomic E-state index is 0.0689. The van der Waals surface area contributed by atoms with Gasteiger partial charge in [-0.2, -0.15) is 13.2 Å². The summed E-state index contributed by atoms with van der Waals surface area (Å²) in [6.45, 7) is 4.31. The molecule has 0 aliphatic rings. The molecule has 7 N–H and O–H groups in total. The molecule has 16 nitrogen and oxygen atoms in total. The zero-order valence-corrected chi connectivity index (χ0v) is 31.5. The molecule has 0 saturated carbocycles. The Morgan fingerprint density at radius 1 is 0.965 bits per heavy atom. The van der Waals surface area contributed by atoms with E-state index < -0.39 is 35.7 Å². The molecule has 0 bridgehead atoms. The number of nitrogen functional groups attached to an aromatic ring is 1. The number of halogens is 3. The van der Waals surface area contributed by atoms with E-state index in [9.17, 15) is 32.3 Å². The third-order valence-electron chi connectivity index (χ3n) is 7.45. The van der Waals surface area contributed by atoms with Gasteiger partial charge in [-0.15, -0.1) is 0 Å². The van der Waals surface area contributed by atoms with Crippen molar-refractivity contribution in [1.29, 1.82) is 5.41 Å². The van der Waals surface area contributed by atoms with E-state index in [4.69, 9.17) is 30.5 Å². The maximum Gasteiger partial charge on any atom is 0.490 e. The summed E-state index contributed by atoms with van der Waals surface area (Å²) in [5, 5.41) is 23.6. The smallest absolute Gasteiger partial charge is 0.475 e. The van der Waals surface area contributed by atoms with Crippen molar-refractivity contribution in [3.8, 4) is 11.3 Å². The number of carboxylic acid groups (broad SMARTS) is 1. The standard InChI is InChI=1S/C36H42N8O6.C2HF3O2/c1-23(2)41-33-34(46)44(30(20-40-33)27-16-28(18-29(37)17-27)35(47)49-15-14-43(3)4)21-31(45)39-19-24-10-12-26(13-11-24)32(38)42-36(48)50-22-25-8-6-5-7-9-25;3-2(4,5)1(6)7/h5-13,16-18,20,23H,14-15,19,21-22,37H2,1-4H3,(H,39,45)(H,40,41)(H2,38,42,48);(H,6,7). The number of amides is 2. The van der Waals surface area contributed by atoms with E-state index >= 15 is 0 Å². The maximum atomic E-state index is 13.6. The minimum atomic E-state index is -5.08. The molecule has 0 saturated heterocycles. The number of alkyl carbamates (subject to hydrolysis) is 1. The average molecular weight is 797 g/mol. The number of hydrogen-bond acceptors (Lipinski definition) is 12. The molecule has 1 aromatic heterocycles. The first kappa shape index (κ1) is 44.6. The monoisotopic (exact) mass is 796 g/mol. The molecule has 19 heteroatoms. The average Bonchev–Trinajstić information content (AvgIpc) is 3.14. The van der Waals surface area contributed by atoms with Crippen LogP contribution in [0, 0.1) is 5.41 Å². The number of rotatable bonds is 14. The van der Waals surface area contributed by atoms with E-state index in [-0.39, 0.29) is 60.9 Å². The van der Waals surface area contributed by atoms with Crippen LogP contribution in [-0.2, 0) is 38.8 Å². The van der Waals surface area contributed by atoms with Crippen LogP contribution in [-0.4, -0.2) is 88.8 Å². The van der Waals surface area contributed by atoms with E-state index in [0.717, 1.165) is 11.1 Å². The van der Waals surface area contributed by atoms with Crippen LogP contribution in [0.25, 0.3) is 11.3 Å². The third kappa shape index (κ3) is 14.8.